The first kappa shape index (κ1) is 29.3. The van der Waals surface area contributed by atoms with Crippen molar-refractivity contribution in [1.82, 2.24) is 34.1 Å². The van der Waals surface area contributed by atoms with Crippen molar-refractivity contribution in [1.29, 1.82) is 0 Å². The number of aromatic amines is 1. The zero-order valence-corrected chi connectivity index (χ0v) is 25.3. The van der Waals surface area contributed by atoms with E-state index in [0.29, 0.717) is 16.9 Å². The van der Waals surface area contributed by atoms with Crippen molar-refractivity contribution in [3.8, 4) is 0 Å². The number of H-pyrrole nitrogens is 1. The van der Waals surface area contributed by atoms with Gasteiger partial charge in [-0.25, -0.2) is 15.0 Å². The molecule has 4 aromatic heterocycles. The number of nitrogens with zero attached hydrogens (tertiary/aromatic N) is 6. The third-order valence-corrected chi connectivity index (χ3v) is 10.5. The predicted molar refractivity (Wildman–Crippen MR) is 156 cm³/mol. The summed E-state index contributed by atoms with van der Waals surface area (Å²) in [5.41, 5.74) is 11.9. The molecule has 43 heavy (non-hydrogen) atoms. The first-order chi connectivity index (χ1) is 20.5. The summed E-state index contributed by atoms with van der Waals surface area (Å²) in [6, 6.07) is 1.23. The lowest BCUT2D eigenvalue weighted by Gasteiger charge is -2.29. The molecular formula is C21H25N9O9P2S2. The topological polar surface area (TPSA) is 242 Å². The molecule has 0 saturated carbocycles. The van der Waals surface area contributed by atoms with Crippen LogP contribution in [0.2, 0.25) is 0 Å². The molecule has 3 saturated heterocycles. The van der Waals surface area contributed by atoms with Crippen LogP contribution in [0.5, 0.6) is 0 Å². The molecule has 2 bridgehead atoms. The Labute approximate surface area is 251 Å². The van der Waals surface area contributed by atoms with Crippen LogP contribution >= 0.6 is 13.4 Å². The van der Waals surface area contributed by atoms with Gasteiger partial charge in [0.15, 0.2) is 17.4 Å². The molecule has 3 fully saturated rings. The minimum absolute atomic E-state index is 0.0215. The first-order valence-electron chi connectivity index (χ1n) is 12.9. The molecule has 18 nitrogen and oxygen atoms in total. The van der Waals surface area contributed by atoms with Gasteiger partial charge in [-0.15, -0.1) is 0 Å². The average molecular weight is 674 g/mol. The maximum atomic E-state index is 12.3. The van der Waals surface area contributed by atoms with Crippen molar-refractivity contribution in [3.63, 3.8) is 0 Å². The predicted octanol–water partition coefficient (Wildman–Crippen LogP) is 0.207. The van der Waals surface area contributed by atoms with E-state index in [0.717, 1.165) is 0 Å². The van der Waals surface area contributed by atoms with Crippen LogP contribution in [0.15, 0.2) is 29.7 Å². The number of anilines is 2. The van der Waals surface area contributed by atoms with Gasteiger partial charge in [0.1, 0.15) is 36.1 Å². The van der Waals surface area contributed by atoms with Gasteiger partial charge in [-0.05, 0) is 29.7 Å². The van der Waals surface area contributed by atoms with Crippen molar-refractivity contribution in [2.75, 3.05) is 31.3 Å². The van der Waals surface area contributed by atoms with Crippen LogP contribution in [0.3, 0.4) is 0 Å². The number of rotatable bonds is 2. The number of hydrogen-bond acceptors (Lipinski definition) is 15. The number of nitrogens with one attached hydrogen (secondary N) is 1. The normalized spacial score (nSPS) is 35.4. The molecule has 3 unspecified atom stereocenters. The van der Waals surface area contributed by atoms with Crippen LogP contribution in [0.1, 0.15) is 18.7 Å². The Bertz CT molecular complexity index is 1870. The Kier molecular flexibility index (Phi) is 7.40. The Balaban J connectivity index is 1.19. The van der Waals surface area contributed by atoms with Gasteiger partial charge in [-0.1, -0.05) is 0 Å². The van der Waals surface area contributed by atoms with E-state index in [9.17, 15) is 14.6 Å². The van der Waals surface area contributed by atoms with Crippen molar-refractivity contribution in [3.05, 3.63) is 35.3 Å². The van der Waals surface area contributed by atoms with Crippen molar-refractivity contribution in [2.24, 2.45) is 0 Å². The van der Waals surface area contributed by atoms with Crippen molar-refractivity contribution < 1.29 is 37.4 Å². The monoisotopic (exact) mass is 673 g/mol. The molecule has 0 aromatic carbocycles. The average Bonchev–Trinajstić information content (AvgIpc) is 3.71. The largest absolute Gasteiger partial charge is 0.383 e. The Morgan fingerprint density at radius 3 is 2.63 bits per heavy atom. The minimum Gasteiger partial charge on any atom is -0.383 e. The smallest absolute Gasteiger partial charge is 0.325 e. The van der Waals surface area contributed by atoms with E-state index < -0.39 is 55.7 Å². The van der Waals surface area contributed by atoms with Crippen LogP contribution in [-0.2, 0) is 51.2 Å². The molecule has 4 aromatic rings. The van der Waals surface area contributed by atoms with Gasteiger partial charge in [-0.2, -0.15) is 4.98 Å². The van der Waals surface area contributed by atoms with Crippen LogP contribution in [0, 0.1) is 0 Å². The van der Waals surface area contributed by atoms with E-state index in [2.05, 4.69) is 24.9 Å². The number of hydrogen-bond donors (Lipinski definition) is 5. The summed E-state index contributed by atoms with van der Waals surface area (Å²) in [4.78, 5) is 53.6. The third kappa shape index (κ3) is 5.52. The summed E-state index contributed by atoms with van der Waals surface area (Å²) >= 11 is 10.7. The molecule has 0 radical (unpaired) electrons. The molecule has 7 N–H and O–H groups in total. The first-order valence-corrected chi connectivity index (χ1v) is 18.0. The quantitative estimate of drug-likeness (QED) is 0.179. The Morgan fingerprint density at radius 2 is 1.79 bits per heavy atom. The zero-order chi connectivity index (χ0) is 30.1. The fraction of sp³-hybridized carbons (Fsp3) is 0.476. The Hall–Kier alpha value is -2.45. The molecule has 3 aliphatic rings. The summed E-state index contributed by atoms with van der Waals surface area (Å²) in [5, 5.41) is 0.627. The fourth-order valence-corrected chi connectivity index (χ4v) is 8.38. The summed E-state index contributed by atoms with van der Waals surface area (Å²) in [7, 11) is 0. The number of nitrogen functional groups attached to an aromatic ring is 2. The maximum absolute atomic E-state index is 12.3. The molecular weight excluding hydrogens is 648 g/mol. The van der Waals surface area contributed by atoms with Crippen molar-refractivity contribution in [2.45, 2.75) is 43.1 Å². The Morgan fingerprint density at radius 1 is 1.00 bits per heavy atom. The van der Waals surface area contributed by atoms with E-state index >= 15 is 0 Å². The van der Waals surface area contributed by atoms with Gasteiger partial charge in [0.05, 0.1) is 43.7 Å². The van der Waals surface area contributed by atoms with E-state index in [1.54, 1.807) is 16.8 Å². The second kappa shape index (κ2) is 10.9. The summed E-state index contributed by atoms with van der Waals surface area (Å²) in [6.07, 6.45) is 0.267. The molecule has 7 rings (SSSR count). The molecule has 0 spiro atoms. The molecule has 230 valence electrons. The molecule has 3 aliphatic heterocycles. The third-order valence-electron chi connectivity index (χ3n) is 7.34. The fourth-order valence-electron chi connectivity index (χ4n) is 5.46. The van der Waals surface area contributed by atoms with Crippen LogP contribution in [0.25, 0.3) is 22.2 Å². The van der Waals surface area contributed by atoms with Gasteiger partial charge in [0.25, 0.3) is 5.56 Å². The van der Waals surface area contributed by atoms with Crippen LogP contribution in [-0.4, -0.2) is 88.1 Å². The number of fused-ring (bicyclic) bond motifs is 5. The minimum atomic E-state index is -3.92. The van der Waals surface area contributed by atoms with E-state index in [1.165, 1.54) is 17.2 Å². The standard InChI is InChI=1S/C21H25N9O9P2S2/c22-16-10-1-2-29(17(10)25-7-24-16)11-5-34-13-6-36-40(32,42)38-12-3-9(4-35-41(33,43)39-15(11)13)37-20(12)30-8-26-14-18(30)27-21(23)28-19(14)31/h1-2,7-9,11-13,15,20H,3-6H2,(H,32,42)(H,33,43)(H2,22,24,25)(H3,23,27,28,31)/t9-,11?,12+,13+,15-,20+,40?,41?/m0/s1. The highest BCUT2D eigenvalue weighted by atomic mass is 32.5. The van der Waals surface area contributed by atoms with Gasteiger partial charge < -0.3 is 53.4 Å². The lowest BCUT2D eigenvalue weighted by atomic mass is 10.1. The van der Waals surface area contributed by atoms with Gasteiger partial charge in [-0.3, -0.25) is 14.3 Å². The van der Waals surface area contributed by atoms with Gasteiger partial charge in [0.2, 0.25) is 5.95 Å². The number of nitrogens with two attached hydrogens (primary N) is 2. The second-order valence-electron chi connectivity index (χ2n) is 10.1. The highest BCUT2D eigenvalue weighted by Gasteiger charge is 2.47. The highest BCUT2D eigenvalue weighted by molar-refractivity contribution is 8.07. The van der Waals surface area contributed by atoms with Crippen molar-refractivity contribution >= 4 is 71.0 Å². The molecule has 22 heteroatoms. The number of imidazole rings is 1. The van der Waals surface area contributed by atoms with Gasteiger partial charge >= 0.3 is 13.4 Å². The lowest BCUT2D eigenvalue weighted by Crippen LogP contribution is -2.34. The van der Waals surface area contributed by atoms with E-state index in [-0.39, 0.29) is 43.4 Å². The summed E-state index contributed by atoms with van der Waals surface area (Å²) in [6.45, 7) is -8.14. The molecule has 8 atom stereocenters. The second-order valence-corrected chi connectivity index (χ2v) is 15.6. The SMILES string of the molecule is Nc1nc2c(ncn2[C@@H]2O[C@@H]3COP(O)(=S)O[C@H]4C(n5ccc6c(N)ncnc65)CO[C@@H]4COP(O)(=S)O[C@@H]2C3)c(=O)[nH]1. The molecule has 0 aliphatic carbocycles. The summed E-state index contributed by atoms with van der Waals surface area (Å²) in [5.74, 6) is 0.175. The van der Waals surface area contributed by atoms with Crippen LogP contribution < -0.4 is 17.0 Å². The highest BCUT2D eigenvalue weighted by Crippen LogP contribution is 2.54. The van der Waals surface area contributed by atoms with Gasteiger partial charge in [0, 0.05) is 12.6 Å². The number of ether oxygens (including phenoxy) is 2. The lowest BCUT2D eigenvalue weighted by molar-refractivity contribution is -0.0525. The maximum Gasteiger partial charge on any atom is 0.325 e. The van der Waals surface area contributed by atoms with E-state index in [1.807, 2.05) is 0 Å². The zero-order valence-electron chi connectivity index (χ0n) is 21.9. The molecule has 0 amide bonds. The number of aromatic nitrogens is 7. The van der Waals surface area contributed by atoms with E-state index in [4.69, 9.17) is 62.6 Å². The van der Waals surface area contributed by atoms with Crippen LogP contribution in [0.4, 0.5) is 11.8 Å². The molecule has 7 heterocycles. The summed E-state index contributed by atoms with van der Waals surface area (Å²) < 4.78 is 38.8.